The van der Waals surface area contributed by atoms with Crippen molar-refractivity contribution in [3.8, 4) is 0 Å². The molecule has 0 spiro atoms. The maximum Gasteiger partial charge on any atom is 0.251 e. The summed E-state index contributed by atoms with van der Waals surface area (Å²) in [4.78, 5) is 24.9. The Morgan fingerprint density at radius 2 is 2.11 bits per heavy atom. The quantitative estimate of drug-likeness (QED) is 0.718. The fourth-order valence-electron chi connectivity index (χ4n) is 1.16. The van der Waals surface area contributed by atoms with E-state index in [1.807, 2.05) is 0 Å². The van der Waals surface area contributed by atoms with Gasteiger partial charge < -0.3 is 10.3 Å². The summed E-state index contributed by atoms with van der Waals surface area (Å²) in [6.07, 6.45) is 1.35. The number of carbonyl (C=O) groups is 1. The highest BCUT2D eigenvalue weighted by Crippen LogP contribution is 1.95. The summed E-state index contributed by atoms with van der Waals surface area (Å²) in [6.45, 7) is -0.00779. The van der Waals surface area contributed by atoms with Crippen molar-refractivity contribution >= 4 is 15.9 Å². The van der Waals surface area contributed by atoms with Gasteiger partial charge in [-0.1, -0.05) is 0 Å². The van der Waals surface area contributed by atoms with Crippen molar-refractivity contribution in [2.75, 3.05) is 26.4 Å². The zero-order chi connectivity index (χ0) is 13.8. The Labute approximate surface area is 105 Å². The minimum Gasteiger partial charge on any atom is -0.351 e. The molecule has 2 N–H and O–H groups in total. The highest BCUT2D eigenvalue weighted by atomic mass is 32.2. The number of hydrogen-bond donors (Lipinski definition) is 2. The lowest BCUT2D eigenvalue weighted by molar-refractivity contribution is 0.0956. The van der Waals surface area contributed by atoms with Crippen LogP contribution in [-0.2, 0) is 10.0 Å². The molecule has 0 aromatic carbocycles. The molecule has 0 saturated carbocycles. The minimum absolute atomic E-state index is 0.00779. The summed E-state index contributed by atoms with van der Waals surface area (Å²) in [5.41, 5.74) is -0.190. The molecule has 100 valence electrons. The van der Waals surface area contributed by atoms with E-state index < -0.39 is 15.9 Å². The summed E-state index contributed by atoms with van der Waals surface area (Å²) in [6, 6.07) is 2.59. The van der Waals surface area contributed by atoms with Crippen molar-refractivity contribution in [3.63, 3.8) is 0 Å². The van der Waals surface area contributed by atoms with E-state index in [-0.39, 0.29) is 23.4 Å². The van der Waals surface area contributed by atoms with Crippen molar-refractivity contribution < 1.29 is 13.2 Å². The molecule has 0 aliphatic heterocycles. The number of pyridine rings is 1. The van der Waals surface area contributed by atoms with Gasteiger partial charge in [0.2, 0.25) is 15.6 Å². The molecule has 1 heterocycles. The third-order valence-electron chi connectivity index (χ3n) is 2.24. The lowest BCUT2D eigenvalue weighted by Crippen LogP contribution is -2.34. The topological polar surface area (TPSA) is 99.3 Å². The van der Waals surface area contributed by atoms with Crippen LogP contribution >= 0.6 is 0 Å². The van der Waals surface area contributed by atoms with Crippen LogP contribution in [-0.4, -0.2) is 50.0 Å². The van der Waals surface area contributed by atoms with Crippen molar-refractivity contribution in [1.29, 1.82) is 0 Å². The highest BCUT2D eigenvalue weighted by molar-refractivity contribution is 7.89. The molecule has 18 heavy (non-hydrogen) atoms. The standard InChI is InChI=1S/C10H15N3O4S/c1-13(2)18(16,17)6-5-12-10(15)8-3-4-11-9(14)7-8/h3-4,7H,5-6H2,1-2H3,(H,11,14)(H,12,15). The summed E-state index contributed by atoms with van der Waals surface area (Å²) >= 11 is 0. The third-order valence-corrected chi connectivity index (χ3v) is 4.07. The Morgan fingerprint density at radius 1 is 1.44 bits per heavy atom. The summed E-state index contributed by atoms with van der Waals surface area (Å²) < 4.78 is 23.9. The van der Waals surface area contributed by atoms with Crippen LogP contribution in [0.5, 0.6) is 0 Å². The Morgan fingerprint density at radius 3 is 2.67 bits per heavy atom. The van der Waals surface area contributed by atoms with E-state index in [9.17, 15) is 18.0 Å². The first-order valence-corrected chi connectivity index (χ1v) is 6.81. The van der Waals surface area contributed by atoms with Crippen molar-refractivity contribution in [1.82, 2.24) is 14.6 Å². The molecule has 1 aromatic rings. The molecule has 1 aromatic heterocycles. The van der Waals surface area contributed by atoms with Crippen molar-refractivity contribution in [2.24, 2.45) is 0 Å². The molecular weight excluding hydrogens is 258 g/mol. The van der Waals surface area contributed by atoms with Crippen LogP contribution in [0.1, 0.15) is 10.4 Å². The molecular formula is C10H15N3O4S. The van der Waals surface area contributed by atoms with Gasteiger partial charge in [-0.05, 0) is 6.07 Å². The number of amides is 1. The second-order valence-corrected chi connectivity index (χ2v) is 6.10. The second-order valence-electron chi connectivity index (χ2n) is 3.80. The SMILES string of the molecule is CN(C)S(=O)(=O)CCNC(=O)c1cc[nH]c(=O)c1. The summed E-state index contributed by atoms with van der Waals surface area (Å²) in [5.74, 6) is -0.662. The molecule has 1 rings (SSSR count). The predicted octanol–water partition coefficient (Wildman–Crippen LogP) is -1.00. The van der Waals surface area contributed by atoms with Crippen LogP contribution in [0.2, 0.25) is 0 Å². The van der Waals surface area contributed by atoms with Crippen molar-refractivity contribution in [3.05, 3.63) is 34.2 Å². The fraction of sp³-hybridized carbons (Fsp3) is 0.400. The highest BCUT2D eigenvalue weighted by Gasteiger charge is 2.14. The third kappa shape index (κ3) is 3.97. The van der Waals surface area contributed by atoms with Gasteiger partial charge in [0.25, 0.3) is 5.91 Å². The number of hydrogen-bond acceptors (Lipinski definition) is 4. The Kier molecular flexibility index (Phi) is 4.62. The average Bonchev–Trinajstić information content (AvgIpc) is 2.28. The largest absolute Gasteiger partial charge is 0.351 e. The number of nitrogens with one attached hydrogen (secondary N) is 2. The van der Waals surface area contributed by atoms with Crippen LogP contribution in [0.4, 0.5) is 0 Å². The molecule has 1 amide bonds. The molecule has 0 saturated heterocycles. The average molecular weight is 273 g/mol. The molecule has 7 nitrogen and oxygen atoms in total. The first-order chi connectivity index (χ1) is 8.33. The van der Waals surface area contributed by atoms with E-state index in [1.54, 1.807) is 0 Å². The predicted molar refractivity (Wildman–Crippen MR) is 66.9 cm³/mol. The molecule has 8 heteroatoms. The number of aromatic nitrogens is 1. The van der Waals surface area contributed by atoms with Crippen LogP contribution in [0.15, 0.2) is 23.1 Å². The number of H-pyrrole nitrogens is 1. The first-order valence-electron chi connectivity index (χ1n) is 5.20. The van der Waals surface area contributed by atoms with Crippen LogP contribution in [0, 0.1) is 0 Å². The van der Waals surface area contributed by atoms with Gasteiger partial charge in [0.1, 0.15) is 0 Å². The smallest absolute Gasteiger partial charge is 0.251 e. The van der Waals surface area contributed by atoms with E-state index in [2.05, 4.69) is 10.3 Å². The van der Waals surface area contributed by atoms with E-state index >= 15 is 0 Å². The number of rotatable bonds is 5. The number of sulfonamides is 1. The molecule has 0 unspecified atom stereocenters. The van der Waals surface area contributed by atoms with Gasteiger partial charge in [0.15, 0.2) is 0 Å². The van der Waals surface area contributed by atoms with Crippen molar-refractivity contribution in [2.45, 2.75) is 0 Å². The first kappa shape index (κ1) is 14.4. The van der Waals surface area contributed by atoms with E-state index in [0.29, 0.717) is 0 Å². The van der Waals surface area contributed by atoms with Gasteiger partial charge in [-0.15, -0.1) is 0 Å². The lowest BCUT2D eigenvalue weighted by Gasteiger charge is -2.11. The zero-order valence-electron chi connectivity index (χ0n) is 10.1. The summed E-state index contributed by atoms with van der Waals surface area (Å²) in [5, 5.41) is 2.44. The lowest BCUT2D eigenvalue weighted by atomic mass is 10.2. The van der Waals surface area contributed by atoms with Gasteiger partial charge in [0.05, 0.1) is 5.75 Å². The molecule has 0 aliphatic carbocycles. The Balaban J connectivity index is 2.56. The van der Waals surface area contributed by atoms with E-state index in [1.165, 1.54) is 26.4 Å². The van der Waals surface area contributed by atoms with Gasteiger partial charge >= 0.3 is 0 Å². The van der Waals surface area contributed by atoms with Gasteiger partial charge in [0, 0.05) is 38.5 Å². The summed E-state index contributed by atoms with van der Waals surface area (Å²) in [7, 11) is -0.485. The number of carbonyl (C=O) groups excluding carboxylic acids is 1. The maximum atomic E-state index is 11.6. The van der Waals surface area contributed by atoms with Gasteiger partial charge in [-0.3, -0.25) is 9.59 Å². The minimum atomic E-state index is -3.33. The fourth-order valence-corrected chi connectivity index (χ4v) is 1.89. The van der Waals surface area contributed by atoms with E-state index in [0.717, 1.165) is 10.4 Å². The monoisotopic (exact) mass is 273 g/mol. The Bertz CT molecular complexity index is 577. The van der Waals surface area contributed by atoms with Crippen LogP contribution in [0.25, 0.3) is 0 Å². The molecule has 0 atom stereocenters. The zero-order valence-corrected chi connectivity index (χ0v) is 11.0. The molecule has 0 aliphatic rings. The molecule has 0 fully saturated rings. The van der Waals surface area contributed by atoms with Gasteiger partial charge in [-0.2, -0.15) is 0 Å². The number of nitrogens with zero attached hydrogens (tertiary/aromatic N) is 1. The number of aromatic amines is 1. The molecule has 0 radical (unpaired) electrons. The van der Waals surface area contributed by atoms with Crippen LogP contribution < -0.4 is 10.9 Å². The normalized spacial score (nSPS) is 11.5. The second kappa shape index (κ2) is 5.78. The molecule has 0 bridgehead atoms. The van der Waals surface area contributed by atoms with Crippen LogP contribution in [0.3, 0.4) is 0 Å². The van der Waals surface area contributed by atoms with Gasteiger partial charge in [-0.25, -0.2) is 12.7 Å². The Hall–Kier alpha value is -1.67. The maximum absolute atomic E-state index is 11.6. The van der Waals surface area contributed by atoms with E-state index in [4.69, 9.17) is 0 Å².